The van der Waals surface area contributed by atoms with Gasteiger partial charge in [0.25, 0.3) is 0 Å². The molecule has 0 unspecified atom stereocenters. The van der Waals surface area contributed by atoms with Crippen LogP contribution >= 0.6 is 0 Å². The molecule has 0 aliphatic heterocycles. The molecule has 0 saturated heterocycles. The predicted molar refractivity (Wildman–Crippen MR) is 46.6 cm³/mol. The van der Waals surface area contributed by atoms with Crippen LogP contribution in [0.5, 0.6) is 0 Å². The van der Waals surface area contributed by atoms with Crippen molar-refractivity contribution in [2.75, 3.05) is 13.2 Å². The maximum Gasteiger partial charge on any atom is 0.305 e. The van der Waals surface area contributed by atoms with E-state index in [1.807, 2.05) is 0 Å². The van der Waals surface area contributed by atoms with Crippen molar-refractivity contribution >= 4 is 5.97 Å². The molecule has 0 aromatic heterocycles. The third-order valence-electron chi connectivity index (χ3n) is 2.29. The molecule has 1 saturated carbocycles. The maximum atomic E-state index is 11.0. The van der Waals surface area contributed by atoms with Crippen molar-refractivity contribution in [1.82, 2.24) is 0 Å². The summed E-state index contributed by atoms with van der Waals surface area (Å²) in [7, 11) is 0. The van der Waals surface area contributed by atoms with Crippen LogP contribution in [0.15, 0.2) is 0 Å². The summed E-state index contributed by atoms with van der Waals surface area (Å²) >= 11 is 0. The number of carbonyl (C=O) groups is 1. The first kappa shape index (κ1) is 9.52. The van der Waals surface area contributed by atoms with E-state index in [4.69, 9.17) is 10.5 Å². The van der Waals surface area contributed by atoms with Gasteiger partial charge in [-0.1, -0.05) is 6.42 Å². The van der Waals surface area contributed by atoms with Gasteiger partial charge in [0.15, 0.2) is 0 Å². The van der Waals surface area contributed by atoms with Crippen LogP contribution in [-0.2, 0) is 9.53 Å². The summed E-state index contributed by atoms with van der Waals surface area (Å²) in [6.45, 7) is 1.20. The lowest BCUT2D eigenvalue weighted by atomic mass is 9.86. The van der Waals surface area contributed by atoms with Crippen molar-refractivity contribution in [1.29, 1.82) is 0 Å². The third kappa shape index (κ3) is 3.22. The minimum absolute atomic E-state index is 0.0904. The van der Waals surface area contributed by atoms with Crippen LogP contribution in [0.2, 0.25) is 0 Å². The molecule has 0 atom stereocenters. The van der Waals surface area contributed by atoms with Gasteiger partial charge in [0, 0.05) is 6.42 Å². The zero-order valence-corrected chi connectivity index (χ0v) is 7.42. The summed E-state index contributed by atoms with van der Waals surface area (Å²) in [5.74, 6) is 0.555. The van der Waals surface area contributed by atoms with Gasteiger partial charge in [-0.25, -0.2) is 0 Å². The summed E-state index contributed by atoms with van der Waals surface area (Å²) in [6.07, 6.45) is 4.96. The minimum Gasteiger partial charge on any atom is -0.465 e. The highest BCUT2D eigenvalue weighted by molar-refractivity contribution is 5.69. The fraction of sp³-hybridized carbons (Fsp3) is 0.889. The van der Waals surface area contributed by atoms with Crippen molar-refractivity contribution in [3.63, 3.8) is 0 Å². The maximum absolute atomic E-state index is 11.0. The van der Waals surface area contributed by atoms with E-state index >= 15 is 0 Å². The standard InChI is InChI=1S/C9H17NO2/c10-6-2-5-9(11)12-7-8-3-1-4-8/h8H,1-7,10H2. The van der Waals surface area contributed by atoms with E-state index in [9.17, 15) is 4.79 Å². The van der Waals surface area contributed by atoms with Gasteiger partial charge in [0.1, 0.15) is 0 Å². The van der Waals surface area contributed by atoms with E-state index in [-0.39, 0.29) is 5.97 Å². The number of rotatable bonds is 5. The van der Waals surface area contributed by atoms with Gasteiger partial charge >= 0.3 is 5.97 Å². The topological polar surface area (TPSA) is 52.3 Å². The van der Waals surface area contributed by atoms with Crippen LogP contribution in [0, 0.1) is 5.92 Å². The summed E-state index contributed by atoms with van der Waals surface area (Å²) in [6, 6.07) is 0. The molecule has 70 valence electrons. The van der Waals surface area contributed by atoms with E-state index in [0.29, 0.717) is 25.5 Å². The average molecular weight is 171 g/mol. The van der Waals surface area contributed by atoms with Gasteiger partial charge in [0.05, 0.1) is 6.61 Å². The zero-order valence-electron chi connectivity index (χ0n) is 7.42. The molecule has 1 aliphatic rings. The molecule has 0 spiro atoms. The summed E-state index contributed by atoms with van der Waals surface area (Å²) in [5.41, 5.74) is 5.26. The molecule has 0 bridgehead atoms. The van der Waals surface area contributed by atoms with E-state index in [2.05, 4.69) is 0 Å². The Labute approximate surface area is 73.3 Å². The number of hydrogen-bond acceptors (Lipinski definition) is 3. The molecular weight excluding hydrogens is 154 g/mol. The Kier molecular flexibility index (Phi) is 4.08. The number of nitrogens with two attached hydrogens (primary N) is 1. The van der Waals surface area contributed by atoms with Crippen molar-refractivity contribution in [2.24, 2.45) is 11.7 Å². The molecule has 12 heavy (non-hydrogen) atoms. The Morgan fingerprint density at radius 3 is 2.75 bits per heavy atom. The number of ether oxygens (including phenoxy) is 1. The van der Waals surface area contributed by atoms with Crippen molar-refractivity contribution in [3.05, 3.63) is 0 Å². The smallest absolute Gasteiger partial charge is 0.305 e. The van der Waals surface area contributed by atoms with Crippen molar-refractivity contribution < 1.29 is 9.53 Å². The zero-order chi connectivity index (χ0) is 8.81. The number of carbonyl (C=O) groups excluding carboxylic acids is 1. The SMILES string of the molecule is NCCCC(=O)OCC1CCC1. The molecular formula is C9H17NO2. The lowest BCUT2D eigenvalue weighted by Gasteiger charge is -2.24. The number of esters is 1. The molecule has 0 radical (unpaired) electrons. The van der Waals surface area contributed by atoms with Crippen LogP contribution in [0.1, 0.15) is 32.1 Å². The highest BCUT2D eigenvalue weighted by Gasteiger charge is 2.18. The summed E-state index contributed by atoms with van der Waals surface area (Å²) in [4.78, 5) is 11.0. The van der Waals surface area contributed by atoms with Gasteiger partial charge < -0.3 is 10.5 Å². The lowest BCUT2D eigenvalue weighted by Crippen LogP contribution is -2.20. The first-order valence-corrected chi connectivity index (χ1v) is 4.68. The first-order valence-electron chi connectivity index (χ1n) is 4.68. The van der Waals surface area contributed by atoms with Crippen LogP contribution in [0.3, 0.4) is 0 Å². The Morgan fingerprint density at radius 2 is 2.25 bits per heavy atom. The Morgan fingerprint density at radius 1 is 1.50 bits per heavy atom. The summed E-state index contributed by atoms with van der Waals surface area (Å²) < 4.78 is 5.05. The van der Waals surface area contributed by atoms with E-state index in [1.54, 1.807) is 0 Å². The van der Waals surface area contributed by atoms with E-state index in [0.717, 1.165) is 6.42 Å². The Hall–Kier alpha value is -0.570. The quantitative estimate of drug-likeness (QED) is 0.629. The molecule has 0 amide bonds. The van der Waals surface area contributed by atoms with Crippen LogP contribution < -0.4 is 5.73 Å². The second-order valence-corrected chi connectivity index (χ2v) is 3.37. The van der Waals surface area contributed by atoms with Gasteiger partial charge in [-0.05, 0) is 31.7 Å². The normalized spacial score (nSPS) is 17.1. The molecule has 0 heterocycles. The molecule has 1 aliphatic carbocycles. The van der Waals surface area contributed by atoms with Gasteiger partial charge in [-0.3, -0.25) is 4.79 Å². The van der Waals surface area contributed by atoms with Gasteiger partial charge in [-0.15, -0.1) is 0 Å². The second-order valence-electron chi connectivity index (χ2n) is 3.37. The second kappa shape index (κ2) is 5.14. The molecule has 3 nitrogen and oxygen atoms in total. The highest BCUT2D eigenvalue weighted by atomic mass is 16.5. The fourth-order valence-corrected chi connectivity index (χ4v) is 1.19. The van der Waals surface area contributed by atoms with Gasteiger partial charge in [0.2, 0.25) is 0 Å². The Bertz CT molecular complexity index is 143. The molecule has 0 aromatic rings. The molecule has 0 aromatic carbocycles. The molecule has 1 fully saturated rings. The van der Waals surface area contributed by atoms with Crippen molar-refractivity contribution in [2.45, 2.75) is 32.1 Å². The minimum atomic E-state index is -0.0904. The highest BCUT2D eigenvalue weighted by Crippen LogP contribution is 2.26. The lowest BCUT2D eigenvalue weighted by molar-refractivity contribution is -0.145. The fourth-order valence-electron chi connectivity index (χ4n) is 1.19. The molecule has 2 N–H and O–H groups in total. The third-order valence-corrected chi connectivity index (χ3v) is 2.29. The number of hydrogen-bond donors (Lipinski definition) is 1. The van der Waals surface area contributed by atoms with Crippen LogP contribution in [0.4, 0.5) is 0 Å². The predicted octanol–water partition coefficient (Wildman–Crippen LogP) is 1.07. The molecule has 1 rings (SSSR count). The largest absolute Gasteiger partial charge is 0.465 e. The van der Waals surface area contributed by atoms with E-state index < -0.39 is 0 Å². The average Bonchev–Trinajstić information content (AvgIpc) is 1.98. The first-order chi connectivity index (χ1) is 5.83. The summed E-state index contributed by atoms with van der Waals surface area (Å²) in [5, 5.41) is 0. The van der Waals surface area contributed by atoms with E-state index in [1.165, 1.54) is 19.3 Å². The van der Waals surface area contributed by atoms with Gasteiger partial charge in [-0.2, -0.15) is 0 Å². The Balaban J connectivity index is 1.94. The van der Waals surface area contributed by atoms with Crippen LogP contribution in [-0.4, -0.2) is 19.1 Å². The van der Waals surface area contributed by atoms with Crippen molar-refractivity contribution in [3.8, 4) is 0 Å². The monoisotopic (exact) mass is 171 g/mol. The van der Waals surface area contributed by atoms with Crippen LogP contribution in [0.25, 0.3) is 0 Å². The molecule has 3 heteroatoms.